The summed E-state index contributed by atoms with van der Waals surface area (Å²) >= 11 is 5.42. The minimum Gasteiger partial charge on any atom is -0.308 e. The molecule has 0 N–H and O–H groups in total. The van der Waals surface area contributed by atoms with E-state index in [9.17, 15) is 0 Å². The number of amides is 2. The summed E-state index contributed by atoms with van der Waals surface area (Å²) in [4.78, 5) is 50.9. The van der Waals surface area contributed by atoms with E-state index in [1.807, 2.05) is 33.5 Å². The van der Waals surface area contributed by atoms with Gasteiger partial charge in [0.2, 0.25) is 0 Å². The summed E-state index contributed by atoms with van der Waals surface area (Å²) in [6.45, 7) is 14.8. The maximum Gasteiger partial charge on any atom is 0.259 e. The molecule has 0 saturated heterocycles. The van der Waals surface area contributed by atoms with Crippen LogP contribution in [-0.2, 0) is 9.59 Å². The Morgan fingerprint density at radius 1 is 0.327 bits per heavy atom. The van der Waals surface area contributed by atoms with Gasteiger partial charge in [-0.15, -0.1) is 34.0 Å². The molecule has 0 fully saturated rings. The zero-order valence-electron chi connectivity index (χ0n) is 67.3. The van der Waals surface area contributed by atoms with Gasteiger partial charge >= 0.3 is 0 Å². The highest BCUT2D eigenvalue weighted by Gasteiger charge is 2.43. The number of hydrogen-bond donors (Lipinski definition) is 0. The minimum atomic E-state index is -0.0799. The van der Waals surface area contributed by atoms with Crippen LogP contribution >= 0.6 is 34.0 Å². The fourth-order valence-corrected chi connectivity index (χ4v) is 20.9. The zero-order chi connectivity index (χ0) is 74.4. The van der Waals surface area contributed by atoms with Crippen molar-refractivity contribution in [1.82, 2.24) is 9.97 Å². The minimum absolute atomic E-state index is 0.0758. The van der Waals surface area contributed by atoms with Crippen molar-refractivity contribution in [1.29, 1.82) is 0 Å². The number of pyridine rings is 2. The Balaban J connectivity index is 0.842. The van der Waals surface area contributed by atoms with E-state index in [1.165, 1.54) is 332 Å². The third kappa shape index (κ3) is 23.1. The molecule has 2 amide bonds. The Kier molecular flexibility index (Phi) is 33.8. The van der Waals surface area contributed by atoms with Crippen LogP contribution in [-0.4, -0.2) is 34.9 Å². The molecule has 7 heterocycles. The second-order valence-corrected chi connectivity index (χ2v) is 36.1. The molecule has 2 aliphatic rings. The number of unbranched alkanes of at least 4 members (excludes halogenated alkanes) is 34. The number of thiophene rings is 3. The van der Waals surface area contributed by atoms with Crippen molar-refractivity contribution in [2.45, 2.75) is 337 Å². The van der Waals surface area contributed by atoms with Crippen LogP contribution in [0, 0.1) is 25.7 Å². The van der Waals surface area contributed by atoms with Gasteiger partial charge in [0.05, 0.1) is 43.7 Å². The first-order chi connectivity index (χ1) is 52.7. The van der Waals surface area contributed by atoms with E-state index in [0.717, 1.165) is 81.2 Å². The maximum atomic E-state index is 16.0. The van der Waals surface area contributed by atoms with Gasteiger partial charge in [-0.3, -0.25) is 19.6 Å². The number of benzene rings is 4. The highest BCUT2D eigenvalue weighted by atomic mass is 32.1. The number of carbonyl (C=O) groups excluding carboxylic acids is 2. The molecule has 2 atom stereocenters. The van der Waals surface area contributed by atoms with E-state index in [0.29, 0.717) is 24.2 Å². The first-order valence-corrected chi connectivity index (χ1v) is 46.5. The summed E-state index contributed by atoms with van der Waals surface area (Å²) in [7, 11) is 0. The van der Waals surface area contributed by atoms with Crippen molar-refractivity contribution < 1.29 is 9.59 Å². The second-order valence-electron chi connectivity index (χ2n) is 32.8. The van der Waals surface area contributed by atoms with Crippen molar-refractivity contribution in [2.75, 3.05) is 22.9 Å². The molecule has 0 spiro atoms. The van der Waals surface area contributed by atoms with Gasteiger partial charge < -0.3 is 9.80 Å². The summed E-state index contributed by atoms with van der Waals surface area (Å²) in [5, 5.41) is 7.80. The van der Waals surface area contributed by atoms with Crippen LogP contribution in [0.15, 0.2) is 109 Å². The first kappa shape index (κ1) is 82.0. The van der Waals surface area contributed by atoms with Crippen molar-refractivity contribution in [3.63, 3.8) is 0 Å². The van der Waals surface area contributed by atoms with E-state index in [-0.39, 0.29) is 11.8 Å². The predicted octanol–water partition coefficient (Wildman–Crippen LogP) is 31.8. The van der Waals surface area contributed by atoms with Crippen molar-refractivity contribution in [3.8, 4) is 31.6 Å². The van der Waals surface area contributed by atoms with E-state index in [4.69, 9.17) is 9.97 Å². The van der Waals surface area contributed by atoms with Crippen LogP contribution in [0.1, 0.15) is 345 Å². The first-order valence-electron chi connectivity index (χ1n) is 44.0. The molecule has 9 aromatic rings. The Morgan fingerprint density at radius 3 is 1.07 bits per heavy atom. The number of aromatic nitrogens is 2. The fourth-order valence-electron chi connectivity index (χ4n) is 17.7. The topological polar surface area (TPSA) is 66.4 Å². The zero-order valence-corrected chi connectivity index (χ0v) is 69.8. The predicted molar refractivity (Wildman–Crippen MR) is 471 cm³/mol. The molecular formula is C98H134N4O2S3. The molecule has 107 heavy (non-hydrogen) atoms. The molecule has 6 nitrogen and oxygen atoms in total. The molecule has 2 aliphatic heterocycles. The standard InChI is InChI=1S/C98H134N4O2S3/c1-7-11-15-19-23-27-29-33-37-41-49-75(47-39-35-31-25-21-17-13-9-3)51-43-45-65-101-88-69-86(91-62-54-74(6)105-91)99-71-84(88)93(97(101)103)94-85-72-100-87(92-64-63-90(106-92)79-57-59-81-78(68-79)56-61-83-82-60-55-77-67-73(5)53-58-80(77)95(82)107-96(81)83)70-89(85)102(98(94)104)66-46-44-52-76(48-40-36-32-26-22-18-14-10-4)50-42-38-34-30-28-24-20-16-12-8-2/h53-64,67-72,75-76H,7-52,65-66H2,1-6H3/b94-93+. The monoisotopic (exact) mass is 1490 g/mol. The maximum absolute atomic E-state index is 16.0. The lowest BCUT2D eigenvalue weighted by Gasteiger charge is -2.20. The normalized spacial score (nSPS) is 14.4. The van der Waals surface area contributed by atoms with Crippen LogP contribution in [0.5, 0.6) is 0 Å². The smallest absolute Gasteiger partial charge is 0.259 e. The average Bonchev–Trinajstić information content (AvgIpc) is 1.58. The third-order valence-electron chi connectivity index (χ3n) is 24.1. The van der Waals surface area contributed by atoms with E-state index < -0.39 is 0 Å². The summed E-state index contributed by atoms with van der Waals surface area (Å²) in [5.74, 6) is 1.29. The molecule has 0 aliphatic carbocycles. The van der Waals surface area contributed by atoms with E-state index in [2.05, 4.69) is 139 Å². The van der Waals surface area contributed by atoms with Gasteiger partial charge in [0.1, 0.15) is 0 Å². The molecule has 11 rings (SSSR count). The van der Waals surface area contributed by atoms with E-state index >= 15 is 9.59 Å². The van der Waals surface area contributed by atoms with Gasteiger partial charge in [-0.1, -0.05) is 370 Å². The number of carbonyl (C=O) groups is 2. The molecule has 0 saturated carbocycles. The summed E-state index contributed by atoms with van der Waals surface area (Å²) in [6.07, 6.45) is 64.7. The Morgan fingerprint density at radius 2 is 0.673 bits per heavy atom. The number of hydrogen-bond acceptors (Lipinski definition) is 7. The highest BCUT2D eigenvalue weighted by Crippen LogP contribution is 2.50. The second kappa shape index (κ2) is 44.1. The van der Waals surface area contributed by atoms with Crippen LogP contribution in [0.2, 0.25) is 0 Å². The van der Waals surface area contributed by atoms with Crippen LogP contribution in [0.25, 0.3) is 84.4 Å². The van der Waals surface area contributed by atoms with Crippen LogP contribution in [0.3, 0.4) is 0 Å². The average molecular weight is 1500 g/mol. The molecular weight excluding hydrogens is 1360 g/mol. The highest BCUT2D eigenvalue weighted by molar-refractivity contribution is 7.27. The Bertz CT molecular complexity index is 4240. The third-order valence-corrected chi connectivity index (χ3v) is 27.6. The molecule has 2 unspecified atom stereocenters. The van der Waals surface area contributed by atoms with Crippen molar-refractivity contribution in [2.24, 2.45) is 11.8 Å². The lowest BCUT2D eigenvalue weighted by atomic mass is 9.89. The lowest BCUT2D eigenvalue weighted by Crippen LogP contribution is -2.30. The molecule has 5 aromatic heterocycles. The summed E-state index contributed by atoms with van der Waals surface area (Å²) < 4.78 is 2.69. The summed E-state index contributed by atoms with van der Waals surface area (Å²) in [5.41, 5.74) is 8.47. The number of rotatable bonds is 53. The summed E-state index contributed by atoms with van der Waals surface area (Å²) in [6, 6.07) is 36.1. The lowest BCUT2D eigenvalue weighted by molar-refractivity contribution is -0.114. The molecule has 0 radical (unpaired) electrons. The number of aryl methyl sites for hydroxylation is 2. The van der Waals surface area contributed by atoms with Gasteiger partial charge in [-0.25, -0.2) is 0 Å². The quantitative estimate of drug-likeness (QED) is 0.0281. The van der Waals surface area contributed by atoms with Gasteiger partial charge in [-0.2, -0.15) is 0 Å². The van der Waals surface area contributed by atoms with Crippen LogP contribution < -0.4 is 9.80 Å². The number of nitrogens with zero attached hydrogens (tertiary/aromatic N) is 4. The van der Waals surface area contributed by atoms with Crippen LogP contribution in [0.4, 0.5) is 11.4 Å². The molecule has 576 valence electrons. The largest absolute Gasteiger partial charge is 0.308 e. The number of fused-ring (bicyclic) bond motifs is 9. The number of anilines is 2. The van der Waals surface area contributed by atoms with Gasteiger partial charge in [-0.05, 0) is 108 Å². The molecule has 0 bridgehead atoms. The fraction of sp³-hybridized carbons (Fsp3) is 0.571. The Hall–Kier alpha value is -6.00. The Labute approximate surface area is 659 Å². The van der Waals surface area contributed by atoms with Crippen molar-refractivity contribution in [3.05, 3.63) is 131 Å². The van der Waals surface area contributed by atoms with Gasteiger partial charge in [0, 0.05) is 66.5 Å². The molecule has 4 aromatic carbocycles. The van der Waals surface area contributed by atoms with E-state index in [1.54, 1.807) is 22.7 Å². The van der Waals surface area contributed by atoms with Crippen molar-refractivity contribution >= 4 is 110 Å². The van der Waals surface area contributed by atoms with Gasteiger partial charge in [0.15, 0.2) is 0 Å². The SMILES string of the molecule is CCCCCCCCCCCCC(CCCCCCCCCC)CCCCN1C(=O)/C(=C2/C(=O)N(CCCCC(CCCCCCCCCC)CCCCCCCCCCCC)c3cc(-c4ccc(-c5ccc6c(ccc7c8ccc9cc(C)ccc9c8sc67)c5)s4)ncc32)c2cnc(-c3ccc(C)s3)cc21. The van der Waals surface area contributed by atoms with Gasteiger partial charge in [0.25, 0.3) is 11.8 Å². The molecule has 9 heteroatoms.